The van der Waals surface area contributed by atoms with Crippen molar-refractivity contribution in [3.8, 4) is 0 Å². The topological polar surface area (TPSA) is 87.8 Å². The van der Waals surface area contributed by atoms with E-state index in [0.717, 1.165) is 19.3 Å². The number of aryl methyl sites for hydroxylation is 2. The predicted octanol–water partition coefficient (Wildman–Crippen LogP) is 3.29. The Bertz CT molecular complexity index is 1210. The Balaban J connectivity index is 1.35. The molecular weight excluding hydrogens is 420 g/mol. The van der Waals surface area contributed by atoms with Crippen LogP contribution in [0.5, 0.6) is 0 Å². The molecule has 0 spiro atoms. The molecule has 1 aromatic heterocycles. The van der Waals surface area contributed by atoms with Crippen LogP contribution < -0.4 is 16.0 Å². The van der Waals surface area contributed by atoms with E-state index in [1.807, 2.05) is 32.0 Å². The molecule has 4 rings (SSSR count). The van der Waals surface area contributed by atoms with Gasteiger partial charge in [-0.25, -0.2) is 9.59 Å². The number of hydrogen-bond donors (Lipinski definition) is 1. The van der Waals surface area contributed by atoms with E-state index in [2.05, 4.69) is 17.4 Å². The van der Waals surface area contributed by atoms with E-state index in [-0.39, 0.29) is 18.5 Å². The maximum absolute atomic E-state index is 12.9. The third kappa shape index (κ3) is 4.79. The fourth-order valence-electron chi connectivity index (χ4n) is 4.26. The molecule has 0 unspecified atom stereocenters. The molecule has 3 aromatic rings. The lowest BCUT2D eigenvalue weighted by Crippen LogP contribution is -2.65. The van der Waals surface area contributed by atoms with Gasteiger partial charge < -0.3 is 19.5 Å². The number of benzene rings is 2. The zero-order chi connectivity index (χ0) is 23.6. The quantitative estimate of drug-likeness (QED) is 0.584. The van der Waals surface area contributed by atoms with E-state index < -0.39 is 11.3 Å². The lowest BCUT2D eigenvalue weighted by molar-refractivity contribution is -0.122. The van der Waals surface area contributed by atoms with E-state index in [1.165, 1.54) is 10.1 Å². The number of nitrogens with one attached hydrogen (secondary N) is 1. The first-order chi connectivity index (χ1) is 15.8. The summed E-state index contributed by atoms with van der Waals surface area (Å²) in [5.41, 5.74) is 2.48. The second kappa shape index (κ2) is 9.13. The number of oxazole rings is 1. The molecule has 2 heterocycles. The highest BCUT2D eigenvalue weighted by Crippen LogP contribution is 2.28. The molecular formula is C25H30N4O4. The number of urea groups is 1. The molecule has 3 amide bonds. The molecule has 0 atom stereocenters. The molecule has 0 saturated carbocycles. The molecule has 1 fully saturated rings. The first-order valence-electron chi connectivity index (χ1n) is 11.3. The minimum Gasteiger partial charge on any atom is -0.408 e. The van der Waals surface area contributed by atoms with Gasteiger partial charge in [0.15, 0.2) is 5.58 Å². The summed E-state index contributed by atoms with van der Waals surface area (Å²) in [6.07, 6.45) is 2.83. The van der Waals surface area contributed by atoms with E-state index in [9.17, 15) is 14.4 Å². The van der Waals surface area contributed by atoms with Gasteiger partial charge in [-0.2, -0.15) is 0 Å². The number of carbonyl (C=O) groups is 2. The zero-order valence-corrected chi connectivity index (χ0v) is 19.3. The molecule has 8 heteroatoms. The van der Waals surface area contributed by atoms with Crippen LogP contribution in [0.25, 0.3) is 11.1 Å². The molecule has 0 aliphatic carbocycles. The molecule has 0 radical (unpaired) electrons. The van der Waals surface area contributed by atoms with Crippen LogP contribution in [0.1, 0.15) is 32.3 Å². The van der Waals surface area contributed by atoms with Gasteiger partial charge in [-0.15, -0.1) is 0 Å². The lowest BCUT2D eigenvalue weighted by atomic mass is 9.98. The van der Waals surface area contributed by atoms with Gasteiger partial charge in [0.1, 0.15) is 6.54 Å². The minimum absolute atomic E-state index is 0.0143. The summed E-state index contributed by atoms with van der Waals surface area (Å²) in [5.74, 6) is -0.620. The number of unbranched alkanes of at least 4 members (excludes halogenated alkanes) is 1. The normalized spacial score (nSPS) is 15.8. The zero-order valence-electron chi connectivity index (χ0n) is 19.3. The monoisotopic (exact) mass is 450 g/mol. The number of rotatable bonds is 6. The average molecular weight is 451 g/mol. The third-order valence-electron chi connectivity index (χ3n) is 6.21. The largest absolute Gasteiger partial charge is 0.419 e. The summed E-state index contributed by atoms with van der Waals surface area (Å²) >= 11 is 0. The van der Waals surface area contributed by atoms with Gasteiger partial charge in [-0.1, -0.05) is 30.3 Å². The highest BCUT2D eigenvalue weighted by Gasteiger charge is 2.41. The SMILES string of the molecule is Cn1c(=O)oc2cc(N3CC(C)(C)N(C(=O)NCCCCc4ccccc4)CC3=O)ccc21. The first kappa shape index (κ1) is 22.6. The van der Waals surface area contributed by atoms with Crippen molar-refractivity contribution in [3.63, 3.8) is 0 Å². The summed E-state index contributed by atoms with van der Waals surface area (Å²) < 4.78 is 6.69. The standard InChI is InChI=1S/C25H30N4O4/c1-25(2)17-28(19-12-13-20-21(15-19)33-24(32)27(20)3)22(30)16-29(25)23(31)26-14-8-7-11-18-9-5-4-6-10-18/h4-6,9-10,12-13,15H,7-8,11,14,16-17H2,1-3H3,(H,26,31). The number of fused-ring (bicyclic) bond motifs is 1. The second-order valence-corrected chi connectivity index (χ2v) is 9.13. The van der Waals surface area contributed by atoms with Crippen molar-refractivity contribution in [3.05, 3.63) is 64.6 Å². The Hall–Kier alpha value is -3.55. The number of amides is 3. The van der Waals surface area contributed by atoms with Crippen LogP contribution in [0, 0.1) is 0 Å². The Morgan fingerprint density at radius 3 is 2.61 bits per heavy atom. The summed E-state index contributed by atoms with van der Waals surface area (Å²) in [4.78, 5) is 40.8. The molecule has 1 N–H and O–H groups in total. The van der Waals surface area contributed by atoms with Crippen LogP contribution in [0.3, 0.4) is 0 Å². The number of piperazine rings is 1. The Labute approximate surface area is 192 Å². The molecule has 1 aliphatic heterocycles. The third-order valence-corrected chi connectivity index (χ3v) is 6.21. The maximum Gasteiger partial charge on any atom is 0.419 e. The van der Waals surface area contributed by atoms with Crippen molar-refractivity contribution >= 4 is 28.7 Å². The molecule has 174 valence electrons. The highest BCUT2D eigenvalue weighted by atomic mass is 16.4. The van der Waals surface area contributed by atoms with Crippen molar-refractivity contribution in [1.82, 2.24) is 14.8 Å². The fourth-order valence-corrected chi connectivity index (χ4v) is 4.26. The predicted molar refractivity (Wildman–Crippen MR) is 127 cm³/mol. The van der Waals surface area contributed by atoms with E-state index in [4.69, 9.17) is 4.42 Å². The first-order valence-corrected chi connectivity index (χ1v) is 11.3. The molecule has 2 aromatic carbocycles. The van der Waals surface area contributed by atoms with Gasteiger partial charge in [0.2, 0.25) is 5.91 Å². The Morgan fingerprint density at radius 1 is 1.09 bits per heavy atom. The van der Waals surface area contributed by atoms with Crippen molar-refractivity contribution in [2.75, 3.05) is 24.5 Å². The highest BCUT2D eigenvalue weighted by molar-refractivity contribution is 5.99. The Morgan fingerprint density at radius 2 is 1.85 bits per heavy atom. The van der Waals surface area contributed by atoms with Crippen LogP contribution in [0.2, 0.25) is 0 Å². The fraction of sp³-hybridized carbons (Fsp3) is 0.400. The second-order valence-electron chi connectivity index (χ2n) is 9.13. The Kier molecular flexibility index (Phi) is 6.26. The van der Waals surface area contributed by atoms with E-state index >= 15 is 0 Å². The van der Waals surface area contributed by atoms with Gasteiger partial charge in [0, 0.05) is 31.9 Å². The van der Waals surface area contributed by atoms with E-state index in [1.54, 1.807) is 35.0 Å². The van der Waals surface area contributed by atoms with Crippen LogP contribution >= 0.6 is 0 Å². The summed E-state index contributed by atoms with van der Waals surface area (Å²) in [5, 5.41) is 2.97. The maximum atomic E-state index is 12.9. The van der Waals surface area contributed by atoms with Crippen molar-refractivity contribution in [1.29, 1.82) is 0 Å². The average Bonchev–Trinajstić information content (AvgIpc) is 3.08. The lowest BCUT2D eigenvalue weighted by Gasteiger charge is -2.46. The molecule has 0 bridgehead atoms. The molecule has 1 aliphatic rings. The van der Waals surface area contributed by atoms with Crippen molar-refractivity contribution in [2.45, 2.75) is 38.6 Å². The van der Waals surface area contributed by atoms with Crippen molar-refractivity contribution < 1.29 is 14.0 Å². The van der Waals surface area contributed by atoms with Crippen LogP contribution in [-0.2, 0) is 18.3 Å². The van der Waals surface area contributed by atoms with Crippen LogP contribution in [-0.4, -0.2) is 46.6 Å². The van der Waals surface area contributed by atoms with Gasteiger partial charge in [0.25, 0.3) is 0 Å². The van der Waals surface area contributed by atoms with Gasteiger partial charge in [0.05, 0.1) is 11.1 Å². The number of hydrogen-bond acceptors (Lipinski definition) is 4. The summed E-state index contributed by atoms with van der Waals surface area (Å²) in [7, 11) is 1.64. The van der Waals surface area contributed by atoms with Crippen LogP contribution in [0.15, 0.2) is 57.7 Å². The molecule has 33 heavy (non-hydrogen) atoms. The van der Waals surface area contributed by atoms with Gasteiger partial charge >= 0.3 is 11.8 Å². The van der Waals surface area contributed by atoms with Crippen LogP contribution in [0.4, 0.5) is 10.5 Å². The minimum atomic E-state index is -0.561. The van der Waals surface area contributed by atoms with Gasteiger partial charge in [-0.3, -0.25) is 9.36 Å². The summed E-state index contributed by atoms with van der Waals surface area (Å²) in [6.45, 7) is 4.79. The van der Waals surface area contributed by atoms with E-state index in [0.29, 0.717) is 29.9 Å². The van der Waals surface area contributed by atoms with Crippen molar-refractivity contribution in [2.24, 2.45) is 7.05 Å². The number of nitrogens with zero attached hydrogens (tertiary/aromatic N) is 3. The molecule has 1 saturated heterocycles. The molecule has 8 nitrogen and oxygen atoms in total. The number of anilines is 1. The van der Waals surface area contributed by atoms with Gasteiger partial charge in [-0.05, 0) is 50.8 Å². The number of aromatic nitrogens is 1. The summed E-state index contributed by atoms with van der Waals surface area (Å²) in [6, 6.07) is 15.3. The smallest absolute Gasteiger partial charge is 0.408 e. The number of carbonyl (C=O) groups excluding carboxylic acids is 2.